The third-order valence-corrected chi connectivity index (χ3v) is 14.1. The lowest BCUT2D eigenvalue weighted by Gasteiger charge is -2.47. The maximum absolute atomic E-state index is 14.5. The number of carbonyl (C=O) groups excluding carboxylic acids is 4. The van der Waals surface area contributed by atoms with E-state index in [-0.39, 0.29) is 56.2 Å². The number of benzene rings is 1. The number of ketones is 1. The summed E-state index contributed by atoms with van der Waals surface area (Å²) in [5, 5.41) is 31.5. The summed E-state index contributed by atoms with van der Waals surface area (Å²) in [6, 6.07) is 12.2. The number of Topliss-reactive ketones (excluding diaryl/α,β-unsaturated/α-hetero) is 1. The molecule has 17 heteroatoms. The molecule has 0 saturated carbocycles. The van der Waals surface area contributed by atoms with Crippen LogP contribution in [-0.2, 0) is 49.3 Å². The van der Waals surface area contributed by atoms with E-state index >= 15 is 0 Å². The second-order valence-corrected chi connectivity index (χ2v) is 19.4. The molecule has 4 aliphatic rings. The minimum atomic E-state index is -1.86. The number of likely N-dealkylation sites (N-methyl/N-ethyl adjacent to an activating group) is 1. The van der Waals surface area contributed by atoms with E-state index < -0.39 is 89.3 Å². The number of hydrogen-bond donors (Lipinski definition) is 3. The van der Waals surface area contributed by atoms with Crippen LogP contribution >= 0.6 is 11.3 Å². The Balaban J connectivity index is 1.44. The number of esters is 1. The van der Waals surface area contributed by atoms with Gasteiger partial charge in [0.2, 0.25) is 6.10 Å². The van der Waals surface area contributed by atoms with Gasteiger partial charge in [0.1, 0.15) is 29.4 Å². The zero-order valence-corrected chi connectivity index (χ0v) is 38.8. The maximum Gasteiger partial charge on any atom is 0.316 e. The van der Waals surface area contributed by atoms with Crippen molar-refractivity contribution in [2.24, 2.45) is 33.8 Å². The Morgan fingerprint density at radius 2 is 1.73 bits per heavy atom. The summed E-state index contributed by atoms with van der Waals surface area (Å²) in [6.07, 6.45) is -6.37. The van der Waals surface area contributed by atoms with Crippen LogP contribution in [0, 0.1) is 23.7 Å². The Kier molecular flexibility index (Phi) is 15.5. The molecule has 346 valence electrons. The smallest absolute Gasteiger partial charge is 0.316 e. The number of aliphatic imine (C=N–C) groups is 1. The fourth-order valence-corrected chi connectivity index (χ4v) is 10.4. The highest BCUT2D eigenvalue weighted by Crippen LogP contribution is 2.40. The molecule has 4 bridgehead atoms. The third-order valence-electron chi connectivity index (χ3n) is 13.0. The number of cyclic esters (lactones) is 1. The van der Waals surface area contributed by atoms with Crippen molar-refractivity contribution in [1.29, 1.82) is 0 Å². The molecule has 1 aromatic carbocycles. The number of thiophene rings is 1. The second-order valence-electron chi connectivity index (χ2n) is 18.2. The SMILES string of the molecule is CC[C@H]1OC(=O)[C@H](C)C(=O)[C@H](C)[C@@H](O[C@@H]2O[C@H](C)C[C@H](N(C)C)[C@H]2O)[C@@]2(C)C[C@@H](C)C3=NC(=O)C(Cc4ccc(C(=O)Nc5ccccc5)s4)O/N=C(/CO[C@H]([C@H]3C)[C@]1(C)O)CO2. The summed E-state index contributed by atoms with van der Waals surface area (Å²) in [6.45, 7) is 13.3. The van der Waals surface area contributed by atoms with Crippen LogP contribution in [-0.4, -0.2) is 138 Å². The van der Waals surface area contributed by atoms with E-state index in [0.29, 0.717) is 27.6 Å². The molecule has 2 aromatic rings. The third kappa shape index (κ3) is 10.8. The van der Waals surface area contributed by atoms with E-state index in [1.165, 1.54) is 25.2 Å². The van der Waals surface area contributed by atoms with Gasteiger partial charge in [-0.05, 0) is 91.2 Å². The first-order valence-electron chi connectivity index (χ1n) is 21.9. The van der Waals surface area contributed by atoms with Crippen LogP contribution in [0.1, 0.15) is 89.2 Å². The number of carbonyl (C=O) groups is 4. The topological polar surface area (TPSA) is 204 Å². The van der Waals surface area contributed by atoms with Crippen molar-refractivity contribution in [2.45, 2.75) is 141 Å². The molecule has 14 atom stereocenters. The monoisotopic (exact) mass is 896 g/mol. The number of nitrogens with zero attached hydrogens (tertiary/aromatic N) is 3. The summed E-state index contributed by atoms with van der Waals surface area (Å²) >= 11 is 1.22. The first-order chi connectivity index (χ1) is 29.7. The van der Waals surface area contributed by atoms with Crippen LogP contribution in [0.4, 0.5) is 5.69 Å². The fraction of sp³-hybridized carbons (Fsp3) is 0.652. The highest BCUT2D eigenvalue weighted by Gasteiger charge is 2.53. The largest absolute Gasteiger partial charge is 0.459 e. The van der Waals surface area contributed by atoms with Gasteiger partial charge in [-0.2, -0.15) is 0 Å². The van der Waals surface area contributed by atoms with Crippen LogP contribution < -0.4 is 5.32 Å². The molecular weight excluding hydrogens is 833 g/mol. The molecule has 3 saturated heterocycles. The van der Waals surface area contributed by atoms with Crippen LogP contribution in [0.5, 0.6) is 0 Å². The first-order valence-corrected chi connectivity index (χ1v) is 22.7. The molecular formula is C46H64N4O12S. The molecule has 1 unspecified atom stereocenters. The summed E-state index contributed by atoms with van der Waals surface area (Å²) < 4.78 is 32.4. The number of hydrogen-bond acceptors (Lipinski definition) is 15. The first kappa shape index (κ1) is 48.5. The van der Waals surface area contributed by atoms with Gasteiger partial charge in [0.25, 0.3) is 11.8 Å². The number of nitrogens with one attached hydrogen (secondary N) is 1. The molecule has 4 aliphatic heterocycles. The molecule has 0 aliphatic carbocycles. The quantitative estimate of drug-likeness (QED) is 0.240. The lowest BCUT2D eigenvalue weighted by Crippen LogP contribution is -2.60. The molecule has 5 heterocycles. The number of para-hydroxylation sites is 1. The summed E-state index contributed by atoms with van der Waals surface area (Å²) in [5.74, 6) is -5.95. The number of aliphatic hydroxyl groups excluding tert-OH is 1. The highest BCUT2D eigenvalue weighted by atomic mass is 32.1. The van der Waals surface area contributed by atoms with Gasteiger partial charge in [-0.25, -0.2) is 4.99 Å². The Hall–Kier alpha value is -3.94. The zero-order valence-electron chi connectivity index (χ0n) is 37.9. The molecule has 0 spiro atoms. The van der Waals surface area contributed by atoms with Gasteiger partial charge in [-0.15, -0.1) is 11.3 Å². The number of anilines is 1. The minimum absolute atomic E-state index is 0.0384. The van der Waals surface area contributed by atoms with Crippen molar-refractivity contribution in [3.8, 4) is 0 Å². The number of amides is 2. The van der Waals surface area contributed by atoms with E-state index in [9.17, 15) is 29.4 Å². The number of fused-ring (bicyclic) bond motifs is 4. The average Bonchev–Trinajstić information content (AvgIpc) is 3.71. The van der Waals surface area contributed by atoms with Gasteiger partial charge < -0.3 is 49.0 Å². The van der Waals surface area contributed by atoms with Crippen LogP contribution in [0.2, 0.25) is 0 Å². The Bertz CT molecular complexity index is 2020. The van der Waals surface area contributed by atoms with Gasteiger partial charge >= 0.3 is 5.97 Å². The van der Waals surface area contributed by atoms with E-state index in [4.69, 9.17) is 33.5 Å². The number of ether oxygens (including phenoxy) is 5. The van der Waals surface area contributed by atoms with Gasteiger partial charge in [0, 0.05) is 40.6 Å². The fourth-order valence-electron chi connectivity index (χ4n) is 9.44. The van der Waals surface area contributed by atoms with Crippen molar-refractivity contribution in [3.05, 3.63) is 52.2 Å². The van der Waals surface area contributed by atoms with Crippen LogP contribution in [0.3, 0.4) is 0 Å². The lowest BCUT2D eigenvalue weighted by molar-refractivity contribution is -0.296. The zero-order chi connectivity index (χ0) is 46.0. The van der Waals surface area contributed by atoms with E-state index in [1.54, 1.807) is 52.0 Å². The predicted molar refractivity (Wildman–Crippen MR) is 236 cm³/mol. The van der Waals surface area contributed by atoms with Gasteiger partial charge in [-0.3, -0.25) is 19.2 Å². The standard InChI is InChI=1S/C46H64N4O12S/c1-11-35-46(8,56)40-26(4)36-24(2)21-45(7,39(27(5)37(51)28(6)43(55)60-35)61-44-38(52)32(50(9)10)19-25(3)59-44)58-23-30(22-57-40)49-62-33(41(53)48-36)20-31-17-18-34(63-31)42(54)47-29-15-13-12-14-16-29/h12-18,24-28,32-33,35,38-40,44,52,56H,11,19-23H2,1-10H3,(H,47,54)/b48-36?,49-30-/t24-,25-,26+,27+,28-,32+,33?,35-,38-,39-,40-,44+,45-,46-/m1/s1. The maximum atomic E-state index is 14.5. The summed E-state index contributed by atoms with van der Waals surface area (Å²) in [4.78, 5) is 69.9. The second kappa shape index (κ2) is 20.1. The highest BCUT2D eigenvalue weighted by molar-refractivity contribution is 7.14. The van der Waals surface area contributed by atoms with Gasteiger partial charge in [0.05, 0.1) is 42.0 Å². The average molecular weight is 897 g/mol. The van der Waals surface area contributed by atoms with Gasteiger partial charge in [-0.1, -0.05) is 51.0 Å². The van der Waals surface area contributed by atoms with Crippen LogP contribution in [0.15, 0.2) is 52.6 Å². The van der Waals surface area contributed by atoms with E-state index in [2.05, 4.69) is 10.5 Å². The predicted octanol–water partition coefficient (Wildman–Crippen LogP) is 4.84. The number of oxime groups is 1. The van der Waals surface area contributed by atoms with Crippen molar-refractivity contribution >= 4 is 52.0 Å². The van der Waals surface area contributed by atoms with E-state index in [0.717, 1.165) is 0 Å². The molecule has 63 heavy (non-hydrogen) atoms. The summed E-state index contributed by atoms with van der Waals surface area (Å²) in [7, 11) is 3.72. The molecule has 2 amide bonds. The normalized spacial score (nSPS) is 38.0. The lowest BCUT2D eigenvalue weighted by atomic mass is 9.73. The van der Waals surface area contributed by atoms with Crippen molar-refractivity contribution in [2.75, 3.05) is 32.6 Å². The number of aliphatic hydroxyl groups is 2. The number of rotatable bonds is 8. The molecule has 6 rings (SSSR count). The molecule has 3 fully saturated rings. The van der Waals surface area contributed by atoms with E-state index in [1.807, 2.05) is 51.0 Å². The van der Waals surface area contributed by atoms with Crippen molar-refractivity contribution < 1.29 is 57.9 Å². The molecule has 0 radical (unpaired) electrons. The molecule has 1 aromatic heterocycles. The Labute approximate surface area is 373 Å². The Morgan fingerprint density at radius 3 is 2.41 bits per heavy atom. The molecule has 16 nitrogen and oxygen atoms in total. The van der Waals surface area contributed by atoms with Crippen LogP contribution in [0.25, 0.3) is 0 Å². The van der Waals surface area contributed by atoms with Gasteiger partial charge in [0.15, 0.2) is 12.1 Å². The van der Waals surface area contributed by atoms with Crippen molar-refractivity contribution in [1.82, 2.24) is 4.90 Å². The minimum Gasteiger partial charge on any atom is -0.459 e. The van der Waals surface area contributed by atoms with Crippen molar-refractivity contribution in [3.63, 3.8) is 0 Å². The molecule has 3 N–H and O–H groups in total. The Morgan fingerprint density at radius 1 is 1.02 bits per heavy atom. The summed E-state index contributed by atoms with van der Waals surface area (Å²) in [5.41, 5.74) is -2.07.